The van der Waals surface area contributed by atoms with Crippen molar-refractivity contribution >= 4 is 11.9 Å². The van der Waals surface area contributed by atoms with E-state index in [0.29, 0.717) is 24.5 Å². The number of hydrogen-bond acceptors (Lipinski definition) is 4. The SMILES string of the molecule is COc1cccc(OCCCC(=O)NCC(=O)O)c1. The van der Waals surface area contributed by atoms with Gasteiger partial charge in [0, 0.05) is 12.5 Å². The van der Waals surface area contributed by atoms with Crippen LogP contribution in [0.4, 0.5) is 0 Å². The third kappa shape index (κ3) is 6.30. The van der Waals surface area contributed by atoms with Gasteiger partial charge in [-0.25, -0.2) is 0 Å². The first-order valence-corrected chi connectivity index (χ1v) is 5.87. The molecule has 1 aromatic rings. The van der Waals surface area contributed by atoms with Crippen LogP contribution in [0.1, 0.15) is 12.8 Å². The van der Waals surface area contributed by atoms with Crippen LogP contribution < -0.4 is 14.8 Å². The van der Waals surface area contributed by atoms with E-state index in [1.165, 1.54) is 0 Å². The quantitative estimate of drug-likeness (QED) is 0.688. The average molecular weight is 267 g/mol. The Morgan fingerprint density at radius 1 is 1.32 bits per heavy atom. The molecule has 0 saturated carbocycles. The first-order valence-electron chi connectivity index (χ1n) is 5.87. The average Bonchev–Trinajstić information content (AvgIpc) is 2.41. The zero-order valence-corrected chi connectivity index (χ0v) is 10.7. The Morgan fingerprint density at radius 2 is 2.05 bits per heavy atom. The van der Waals surface area contributed by atoms with Crippen molar-refractivity contribution < 1.29 is 24.2 Å². The summed E-state index contributed by atoms with van der Waals surface area (Å²) in [5, 5.41) is 10.7. The molecule has 2 N–H and O–H groups in total. The van der Waals surface area contributed by atoms with Gasteiger partial charge in [-0.3, -0.25) is 9.59 Å². The molecule has 104 valence electrons. The van der Waals surface area contributed by atoms with Gasteiger partial charge >= 0.3 is 5.97 Å². The van der Waals surface area contributed by atoms with Crippen molar-refractivity contribution in [3.8, 4) is 11.5 Å². The smallest absolute Gasteiger partial charge is 0.322 e. The summed E-state index contributed by atoms with van der Waals surface area (Å²) in [7, 11) is 1.58. The highest BCUT2D eigenvalue weighted by Crippen LogP contribution is 2.18. The van der Waals surface area contributed by atoms with E-state index in [0.717, 1.165) is 0 Å². The summed E-state index contributed by atoms with van der Waals surface area (Å²) in [5.74, 6) is 0.0274. The maximum absolute atomic E-state index is 11.2. The summed E-state index contributed by atoms with van der Waals surface area (Å²) in [6.07, 6.45) is 0.750. The second-order valence-corrected chi connectivity index (χ2v) is 3.80. The van der Waals surface area contributed by atoms with Crippen LogP contribution in [-0.2, 0) is 9.59 Å². The van der Waals surface area contributed by atoms with Crippen molar-refractivity contribution in [2.45, 2.75) is 12.8 Å². The number of amides is 1. The molecule has 6 heteroatoms. The van der Waals surface area contributed by atoms with Crippen molar-refractivity contribution in [2.75, 3.05) is 20.3 Å². The van der Waals surface area contributed by atoms with E-state index < -0.39 is 5.97 Å². The summed E-state index contributed by atoms with van der Waals surface area (Å²) in [6.45, 7) is 0.0310. The van der Waals surface area contributed by atoms with E-state index in [1.807, 2.05) is 12.1 Å². The fraction of sp³-hybridized carbons (Fsp3) is 0.385. The number of rotatable bonds is 8. The van der Waals surface area contributed by atoms with E-state index in [4.69, 9.17) is 14.6 Å². The molecule has 0 aliphatic rings. The molecular weight excluding hydrogens is 250 g/mol. The normalized spacial score (nSPS) is 9.74. The maximum atomic E-state index is 11.2. The minimum absolute atomic E-state index is 0.233. The summed E-state index contributed by atoms with van der Waals surface area (Å²) < 4.78 is 10.5. The number of hydrogen-bond donors (Lipinski definition) is 2. The highest BCUT2D eigenvalue weighted by molar-refractivity contribution is 5.80. The van der Waals surface area contributed by atoms with E-state index >= 15 is 0 Å². The predicted molar refractivity (Wildman–Crippen MR) is 68.4 cm³/mol. The van der Waals surface area contributed by atoms with Gasteiger partial charge in [0.05, 0.1) is 13.7 Å². The van der Waals surface area contributed by atoms with Gasteiger partial charge in [-0.05, 0) is 18.6 Å². The van der Waals surface area contributed by atoms with Crippen molar-refractivity contribution in [1.29, 1.82) is 0 Å². The predicted octanol–water partition coefficient (Wildman–Crippen LogP) is 1.05. The molecule has 0 bridgehead atoms. The van der Waals surface area contributed by atoms with Crippen LogP contribution in [0.15, 0.2) is 24.3 Å². The monoisotopic (exact) mass is 267 g/mol. The molecule has 0 unspecified atom stereocenters. The lowest BCUT2D eigenvalue weighted by atomic mass is 10.3. The summed E-state index contributed by atoms with van der Waals surface area (Å²) in [6, 6.07) is 7.18. The summed E-state index contributed by atoms with van der Waals surface area (Å²) in [4.78, 5) is 21.4. The molecule has 0 heterocycles. The number of ether oxygens (including phenoxy) is 2. The number of carbonyl (C=O) groups is 2. The van der Waals surface area contributed by atoms with Crippen molar-refractivity contribution in [2.24, 2.45) is 0 Å². The topological polar surface area (TPSA) is 84.9 Å². The second-order valence-electron chi connectivity index (χ2n) is 3.80. The minimum atomic E-state index is -1.05. The Hall–Kier alpha value is -2.24. The Labute approximate surface area is 111 Å². The third-order valence-electron chi connectivity index (χ3n) is 2.29. The number of benzene rings is 1. The van der Waals surface area contributed by atoms with Crippen LogP contribution in [0, 0.1) is 0 Å². The summed E-state index contributed by atoms with van der Waals surface area (Å²) >= 11 is 0. The number of nitrogens with one attached hydrogen (secondary N) is 1. The highest BCUT2D eigenvalue weighted by atomic mass is 16.5. The molecule has 1 amide bonds. The van der Waals surface area contributed by atoms with Gasteiger partial charge in [0.2, 0.25) is 5.91 Å². The van der Waals surface area contributed by atoms with Crippen LogP contribution in [0.5, 0.6) is 11.5 Å². The Kier molecular flexibility index (Phi) is 6.21. The molecule has 0 aliphatic carbocycles. The van der Waals surface area contributed by atoms with Crippen molar-refractivity contribution in [3.63, 3.8) is 0 Å². The van der Waals surface area contributed by atoms with Crippen LogP contribution in [0.25, 0.3) is 0 Å². The van der Waals surface area contributed by atoms with Gasteiger partial charge < -0.3 is 19.9 Å². The molecule has 1 rings (SSSR count). The Morgan fingerprint density at radius 3 is 2.74 bits per heavy atom. The molecule has 0 spiro atoms. The minimum Gasteiger partial charge on any atom is -0.497 e. The van der Waals surface area contributed by atoms with Gasteiger partial charge in [0.25, 0.3) is 0 Å². The molecule has 0 radical (unpaired) electrons. The molecule has 0 saturated heterocycles. The lowest BCUT2D eigenvalue weighted by Crippen LogP contribution is -2.29. The highest BCUT2D eigenvalue weighted by Gasteiger charge is 2.04. The zero-order valence-electron chi connectivity index (χ0n) is 10.7. The number of carboxylic acids is 1. The van der Waals surface area contributed by atoms with E-state index in [2.05, 4.69) is 5.32 Å². The van der Waals surface area contributed by atoms with E-state index in [-0.39, 0.29) is 18.9 Å². The zero-order chi connectivity index (χ0) is 14.1. The van der Waals surface area contributed by atoms with Gasteiger partial charge in [-0.2, -0.15) is 0 Å². The lowest BCUT2D eigenvalue weighted by Gasteiger charge is -2.07. The van der Waals surface area contributed by atoms with E-state index in [1.54, 1.807) is 19.2 Å². The van der Waals surface area contributed by atoms with Crippen molar-refractivity contribution in [1.82, 2.24) is 5.32 Å². The Bertz CT molecular complexity index is 433. The molecule has 19 heavy (non-hydrogen) atoms. The second kappa shape index (κ2) is 7.97. The van der Waals surface area contributed by atoms with Gasteiger partial charge in [0.1, 0.15) is 18.0 Å². The molecule has 6 nitrogen and oxygen atoms in total. The molecular formula is C13H17NO5. The van der Waals surface area contributed by atoms with Crippen LogP contribution in [0.2, 0.25) is 0 Å². The first-order chi connectivity index (χ1) is 9.11. The summed E-state index contributed by atoms with van der Waals surface area (Å²) in [5.41, 5.74) is 0. The number of carboxylic acid groups (broad SMARTS) is 1. The van der Waals surface area contributed by atoms with Crippen LogP contribution in [-0.4, -0.2) is 37.2 Å². The standard InChI is InChI=1S/C13H17NO5/c1-18-10-4-2-5-11(8-10)19-7-3-6-12(15)14-9-13(16)17/h2,4-5,8H,3,6-7,9H2,1H3,(H,14,15)(H,16,17). The Balaban J connectivity index is 2.19. The van der Waals surface area contributed by atoms with Crippen molar-refractivity contribution in [3.05, 3.63) is 24.3 Å². The molecule has 0 atom stereocenters. The molecule has 0 aromatic heterocycles. The molecule has 0 aliphatic heterocycles. The largest absolute Gasteiger partial charge is 0.497 e. The van der Waals surface area contributed by atoms with Gasteiger partial charge in [0.15, 0.2) is 0 Å². The molecule has 0 fully saturated rings. The first kappa shape index (κ1) is 14.8. The lowest BCUT2D eigenvalue weighted by molar-refractivity contribution is -0.137. The fourth-order valence-corrected chi connectivity index (χ4v) is 1.38. The van der Waals surface area contributed by atoms with Crippen LogP contribution >= 0.6 is 0 Å². The van der Waals surface area contributed by atoms with Gasteiger partial charge in [-0.1, -0.05) is 6.07 Å². The number of carbonyl (C=O) groups excluding carboxylic acids is 1. The molecule has 1 aromatic carbocycles. The van der Waals surface area contributed by atoms with Gasteiger partial charge in [-0.15, -0.1) is 0 Å². The third-order valence-corrected chi connectivity index (χ3v) is 2.29. The van der Waals surface area contributed by atoms with E-state index in [9.17, 15) is 9.59 Å². The fourth-order valence-electron chi connectivity index (χ4n) is 1.38. The number of aliphatic carboxylic acids is 1. The maximum Gasteiger partial charge on any atom is 0.322 e. The number of methoxy groups -OCH3 is 1. The van der Waals surface area contributed by atoms with Crippen LogP contribution in [0.3, 0.4) is 0 Å².